The van der Waals surface area contributed by atoms with Crippen LogP contribution >= 0.6 is 0 Å². The SMILES string of the molecule is C=CCn1c(=O)c2c(ncn2Cc2ccccc2C#N)n(-c2ccc(F)cc2)c1=O. The Kier molecular flexibility index (Phi) is 4.86. The van der Waals surface area contributed by atoms with Crippen molar-refractivity contribution in [2.75, 3.05) is 0 Å². The van der Waals surface area contributed by atoms with Crippen LogP contribution in [0.3, 0.4) is 0 Å². The van der Waals surface area contributed by atoms with Crippen LogP contribution in [0.4, 0.5) is 4.39 Å². The van der Waals surface area contributed by atoms with Crippen LogP contribution < -0.4 is 11.2 Å². The van der Waals surface area contributed by atoms with Gasteiger partial charge in [0.1, 0.15) is 5.82 Å². The summed E-state index contributed by atoms with van der Waals surface area (Å²) in [5.41, 5.74) is 0.833. The number of hydrogen-bond donors (Lipinski definition) is 0. The number of rotatable bonds is 5. The molecule has 0 unspecified atom stereocenters. The summed E-state index contributed by atoms with van der Waals surface area (Å²) in [7, 11) is 0. The second-order valence-corrected chi connectivity index (χ2v) is 6.61. The Bertz CT molecular complexity index is 1420. The summed E-state index contributed by atoms with van der Waals surface area (Å²) in [5.74, 6) is -0.443. The maximum atomic E-state index is 13.4. The lowest BCUT2D eigenvalue weighted by Crippen LogP contribution is -2.39. The molecule has 0 spiro atoms. The van der Waals surface area contributed by atoms with Gasteiger partial charge in [-0.25, -0.2) is 18.7 Å². The van der Waals surface area contributed by atoms with Crippen LogP contribution in [0.15, 0.2) is 77.1 Å². The Balaban J connectivity index is 2.01. The molecule has 0 aliphatic carbocycles. The van der Waals surface area contributed by atoms with Gasteiger partial charge < -0.3 is 4.57 Å². The van der Waals surface area contributed by atoms with E-state index in [0.717, 1.165) is 4.57 Å². The van der Waals surface area contributed by atoms with Crippen molar-refractivity contribution in [2.24, 2.45) is 0 Å². The number of allylic oxidation sites excluding steroid dienone is 1. The zero-order chi connectivity index (χ0) is 21.3. The molecule has 0 amide bonds. The van der Waals surface area contributed by atoms with Crippen molar-refractivity contribution in [3.63, 3.8) is 0 Å². The van der Waals surface area contributed by atoms with Crippen LogP contribution in [0.5, 0.6) is 0 Å². The fraction of sp³-hybridized carbons (Fsp3) is 0.0909. The third kappa shape index (κ3) is 3.12. The Morgan fingerprint density at radius 2 is 1.87 bits per heavy atom. The molecule has 0 aliphatic heterocycles. The average molecular weight is 401 g/mol. The molecule has 8 heteroatoms. The largest absolute Gasteiger partial charge is 0.337 e. The first kappa shape index (κ1) is 19.1. The highest BCUT2D eigenvalue weighted by molar-refractivity contribution is 5.72. The Morgan fingerprint density at radius 1 is 1.13 bits per heavy atom. The van der Waals surface area contributed by atoms with Crippen molar-refractivity contribution in [1.82, 2.24) is 18.7 Å². The van der Waals surface area contributed by atoms with Gasteiger partial charge in [0, 0.05) is 6.54 Å². The monoisotopic (exact) mass is 401 g/mol. The molecule has 0 saturated heterocycles. The highest BCUT2D eigenvalue weighted by Gasteiger charge is 2.19. The van der Waals surface area contributed by atoms with Crippen LogP contribution in [0.25, 0.3) is 16.9 Å². The number of imidazole rings is 1. The molecule has 0 N–H and O–H groups in total. The molecule has 0 fully saturated rings. The van der Waals surface area contributed by atoms with Crippen LogP contribution in [-0.2, 0) is 13.1 Å². The molecular formula is C22H16FN5O2. The lowest BCUT2D eigenvalue weighted by Gasteiger charge is -2.12. The van der Waals surface area contributed by atoms with E-state index in [2.05, 4.69) is 17.6 Å². The van der Waals surface area contributed by atoms with Crippen LogP contribution in [-0.4, -0.2) is 18.7 Å². The summed E-state index contributed by atoms with van der Waals surface area (Å²) in [6.45, 7) is 3.85. The zero-order valence-electron chi connectivity index (χ0n) is 15.8. The van der Waals surface area contributed by atoms with Gasteiger partial charge in [-0.15, -0.1) is 6.58 Å². The van der Waals surface area contributed by atoms with Crippen molar-refractivity contribution in [3.8, 4) is 11.8 Å². The number of aromatic nitrogens is 4. The molecular weight excluding hydrogens is 385 g/mol. The molecule has 2 heterocycles. The number of nitrogens with zero attached hydrogens (tertiary/aromatic N) is 5. The van der Waals surface area contributed by atoms with E-state index in [1.165, 1.54) is 41.2 Å². The van der Waals surface area contributed by atoms with Gasteiger partial charge in [0.15, 0.2) is 11.2 Å². The number of benzene rings is 2. The molecule has 0 atom stereocenters. The van der Waals surface area contributed by atoms with E-state index in [4.69, 9.17) is 0 Å². The van der Waals surface area contributed by atoms with Gasteiger partial charge in [-0.3, -0.25) is 9.36 Å². The number of hydrogen-bond acceptors (Lipinski definition) is 4. The third-order valence-electron chi connectivity index (χ3n) is 4.78. The van der Waals surface area contributed by atoms with E-state index >= 15 is 0 Å². The zero-order valence-corrected chi connectivity index (χ0v) is 15.8. The maximum Gasteiger partial charge on any atom is 0.337 e. The van der Waals surface area contributed by atoms with Gasteiger partial charge in [-0.2, -0.15) is 5.26 Å². The predicted octanol–water partition coefficient (Wildman–Crippen LogP) is 2.59. The van der Waals surface area contributed by atoms with Crippen molar-refractivity contribution in [2.45, 2.75) is 13.1 Å². The van der Waals surface area contributed by atoms with Gasteiger partial charge >= 0.3 is 5.69 Å². The van der Waals surface area contributed by atoms with Crippen LogP contribution in [0, 0.1) is 17.1 Å². The summed E-state index contributed by atoms with van der Waals surface area (Å²) in [4.78, 5) is 30.5. The van der Waals surface area contributed by atoms with E-state index in [1.807, 2.05) is 0 Å². The number of halogens is 1. The fourth-order valence-corrected chi connectivity index (χ4v) is 3.36. The molecule has 2 aromatic heterocycles. The van der Waals surface area contributed by atoms with Crippen LogP contribution in [0.1, 0.15) is 11.1 Å². The molecule has 0 radical (unpaired) electrons. The van der Waals surface area contributed by atoms with Crippen molar-refractivity contribution >= 4 is 11.2 Å². The molecule has 0 aliphatic rings. The summed E-state index contributed by atoms with van der Waals surface area (Å²) < 4.78 is 17.3. The van der Waals surface area contributed by atoms with E-state index in [0.29, 0.717) is 16.8 Å². The van der Waals surface area contributed by atoms with Crippen LogP contribution in [0.2, 0.25) is 0 Å². The quantitative estimate of drug-likeness (QED) is 0.481. The molecule has 30 heavy (non-hydrogen) atoms. The van der Waals surface area contributed by atoms with E-state index in [1.54, 1.807) is 28.8 Å². The van der Waals surface area contributed by atoms with E-state index in [-0.39, 0.29) is 24.3 Å². The predicted molar refractivity (Wildman–Crippen MR) is 110 cm³/mol. The van der Waals surface area contributed by atoms with Gasteiger partial charge in [0.05, 0.1) is 30.2 Å². The highest BCUT2D eigenvalue weighted by Crippen LogP contribution is 2.16. The minimum Gasteiger partial charge on any atom is -0.320 e. The van der Waals surface area contributed by atoms with Crippen molar-refractivity contribution in [3.05, 3.63) is 105 Å². The minimum atomic E-state index is -0.596. The smallest absolute Gasteiger partial charge is 0.320 e. The first-order valence-corrected chi connectivity index (χ1v) is 9.10. The minimum absolute atomic E-state index is 0.00869. The second-order valence-electron chi connectivity index (χ2n) is 6.61. The summed E-state index contributed by atoms with van der Waals surface area (Å²) in [6, 6.07) is 14.5. The van der Waals surface area contributed by atoms with E-state index < -0.39 is 17.1 Å². The average Bonchev–Trinajstić information content (AvgIpc) is 3.16. The van der Waals surface area contributed by atoms with E-state index in [9.17, 15) is 19.2 Å². The standard InChI is InChI=1S/C22H16FN5O2/c1-2-11-27-21(29)19-20(28(22(27)30)18-9-7-17(23)8-10-18)25-14-26(19)13-16-6-4-3-5-15(16)12-24/h2-10,14H,1,11,13H2. The molecule has 148 valence electrons. The summed E-state index contributed by atoms with van der Waals surface area (Å²) in [5, 5.41) is 9.35. The third-order valence-corrected chi connectivity index (χ3v) is 4.78. The molecule has 0 saturated carbocycles. The Hall–Kier alpha value is -4.25. The van der Waals surface area contributed by atoms with Gasteiger partial charge in [0.2, 0.25) is 0 Å². The topological polar surface area (TPSA) is 85.6 Å². The Morgan fingerprint density at radius 3 is 2.57 bits per heavy atom. The molecule has 0 bridgehead atoms. The maximum absolute atomic E-state index is 13.4. The summed E-state index contributed by atoms with van der Waals surface area (Å²) >= 11 is 0. The molecule has 4 aromatic rings. The number of nitriles is 1. The lowest BCUT2D eigenvalue weighted by atomic mass is 10.1. The van der Waals surface area contributed by atoms with Crippen molar-refractivity contribution < 1.29 is 4.39 Å². The number of fused-ring (bicyclic) bond motifs is 1. The fourth-order valence-electron chi connectivity index (χ4n) is 3.36. The molecule has 4 rings (SSSR count). The molecule has 2 aromatic carbocycles. The van der Waals surface area contributed by atoms with Gasteiger partial charge in [-0.05, 0) is 35.9 Å². The van der Waals surface area contributed by atoms with Gasteiger partial charge in [-0.1, -0.05) is 24.3 Å². The second kappa shape index (κ2) is 7.64. The van der Waals surface area contributed by atoms with Gasteiger partial charge in [0.25, 0.3) is 5.56 Å². The highest BCUT2D eigenvalue weighted by atomic mass is 19.1. The Labute approximate surface area is 170 Å². The summed E-state index contributed by atoms with van der Waals surface area (Å²) in [6.07, 6.45) is 2.91. The lowest BCUT2D eigenvalue weighted by molar-refractivity contribution is 0.626. The normalized spacial score (nSPS) is 10.8. The molecule has 7 nitrogen and oxygen atoms in total. The first-order valence-electron chi connectivity index (χ1n) is 9.10. The van der Waals surface area contributed by atoms with Crippen molar-refractivity contribution in [1.29, 1.82) is 5.26 Å². The first-order chi connectivity index (χ1) is 14.5.